The highest BCUT2D eigenvalue weighted by Gasteiger charge is 2.15. The summed E-state index contributed by atoms with van der Waals surface area (Å²) in [6.07, 6.45) is 2.52. The normalized spacial score (nSPS) is 12.0. The maximum absolute atomic E-state index is 11.7. The van der Waals surface area contributed by atoms with Gasteiger partial charge in [0.15, 0.2) is 5.96 Å². The van der Waals surface area contributed by atoms with Crippen LogP contribution in [0.3, 0.4) is 0 Å². The number of carbonyl (C=O) groups is 1. The van der Waals surface area contributed by atoms with Crippen molar-refractivity contribution >= 4 is 23.5 Å². The zero-order chi connectivity index (χ0) is 17.3. The highest BCUT2D eigenvalue weighted by molar-refractivity contribution is 6.29. The van der Waals surface area contributed by atoms with Gasteiger partial charge < -0.3 is 15.4 Å². The van der Waals surface area contributed by atoms with E-state index in [1.807, 2.05) is 33.8 Å². The third-order valence-corrected chi connectivity index (χ3v) is 2.85. The number of esters is 1. The topological polar surface area (TPSA) is 75.6 Å². The fourth-order valence-corrected chi connectivity index (χ4v) is 1.85. The Morgan fingerprint density at radius 3 is 2.65 bits per heavy atom. The smallest absolute Gasteiger partial charge is 0.328 e. The molecule has 7 heteroatoms. The SMILES string of the molecule is CCNC(=NCC(=O)OC(C)(C)C)NCCc1ccc(Cl)nc1. The van der Waals surface area contributed by atoms with Crippen molar-refractivity contribution < 1.29 is 9.53 Å². The van der Waals surface area contributed by atoms with Gasteiger partial charge in [-0.25, -0.2) is 9.98 Å². The molecule has 1 aromatic heterocycles. The molecular formula is C16H25ClN4O2. The molecule has 0 atom stereocenters. The predicted molar refractivity (Wildman–Crippen MR) is 92.8 cm³/mol. The van der Waals surface area contributed by atoms with Crippen molar-refractivity contribution in [1.82, 2.24) is 15.6 Å². The molecule has 0 aliphatic rings. The highest BCUT2D eigenvalue weighted by Crippen LogP contribution is 2.07. The number of aromatic nitrogens is 1. The van der Waals surface area contributed by atoms with Crippen molar-refractivity contribution in [2.75, 3.05) is 19.6 Å². The van der Waals surface area contributed by atoms with Gasteiger partial charge in [0.1, 0.15) is 17.3 Å². The van der Waals surface area contributed by atoms with E-state index in [4.69, 9.17) is 16.3 Å². The van der Waals surface area contributed by atoms with E-state index >= 15 is 0 Å². The summed E-state index contributed by atoms with van der Waals surface area (Å²) in [5, 5.41) is 6.74. The Morgan fingerprint density at radius 1 is 1.35 bits per heavy atom. The van der Waals surface area contributed by atoms with Crippen molar-refractivity contribution in [3.05, 3.63) is 29.0 Å². The molecule has 0 spiro atoms. The lowest BCUT2D eigenvalue weighted by Gasteiger charge is -2.19. The van der Waals surface area contributed by atoms with Gasteiger partial charge in [-0.2, -0.15) is 0 Å². The predicted octanol–water partition coefficient (Wildman–Crippen LogP) is 2.17. The lowest BCUT2D eigenvalue weighted by molar-refractivity contribution is -0.152. The minimum absolute atomic E-state index is 0.0187. The summed E-state index contributed by atoms with van der Waals surface area (Å²) in [4.78, 5) is 20.0. The van der Waals surface area contributed by atoms with Gasteiger partial charge >= 0.3 is 5.97 Å². The van der Waals surface area contributed by atoms with Gasteiger partial charge in [-0.3, -0.25) is 4.79 Å². The van der Waals surface area contributed by atoms with Crippen molar-refractivity contribution in [3.63, 3.8) is 0 Å². The van der Waals surface area contributed by atoms with E-state index in [0.29, 0.717) is 24.2 Å². The van der Waals surface area contributed by atoms with Crippen LogP contribution >= 0.6 is 11.6 Å². The molecule has 1 rings (SSSR count). The molecule has 0 bridgehead atoms. The van der Waals surface area contributed by atoms with Crippen LogP contribution in [0.1, 0.15) is 33.3 Å². The summed E-state index contributed by atoms with van der Waals surface area (Å²) in [6.45, 7) is 8.82. The lowest BCUT2D eigenvalue weighted by atomic mass is 10.2. The Balaban J connectivity index is 2.45. The molecule has 0 aromatic carbocycles. The summed E-state index contributed by atoms with van der Waals surface area (Å²) in [7, 11) is 0. The minimum Gasteiger partial charge on any atom is -0.459 e. The van der Waals surface area contributed by atoms with E-state index in [-0.39, 0.29) is 12.5 Å². The zero-order valence-corrected chi connectivity index (χ0v) is 14.9. The number of carbonyl (C=O) groups excluding carboxylic acids is 1. The Labute approximate surface area is 142 Å². The first-order valence-corrected chi connectivity index (χ1v) is 8.02. The quantitative estimate of drug-likeness (QED) is 0.359. The first kappa shape index (κ1) is 19.2. The van der Waals surface area contributed by atoms with Crippen LogP contribution in [0.15, 0.2) is 23.3 Å². The molecule has 23 heavy (non-hydrogen) atoms. The molecule has 2 N–H and O–H groups in total. The first-order valence-electron chi connectivity index (χ1n) is 7.64. The number of ether oxygens (including phenoxy) is 1. The summed E-state index contributed by atoms with van der Waals surface area (Å²) in [6, 6.07) is 3.69. The second kappa shape index (κ2) is 9.35. The van der Waals surface area contributed by atoms with Gasteiger partial charge in [0.2, 0.25) is 0 Å². The fourth-order valence-electron chi connectivity index (χ4n) is 1.74. The molecular weight excluding hydrogens is 316 g/mol. The maximum atomic E-state index is 11.7. The molecule has 0 saturated heterocycles. The fraction of sp³-hybridized carbons (Fsp3) is 0.562. The van der Waals surface area contributed by atoms with Crippen LogP contribution in [-0.2, 0) is 16.0 Å². The number of pyridine rings is 1. The number of hydrogen-bond donors (Lipinski definition) is 2. The lowest BCUT2D eigenvalue weighted by Crippen LogP contribution is -2.39. The zero-order valence-electron chi connectivity index (χ0n) is 14.1. The van der Waals surface area contributed by atoms with E-state index in [2.05, 4.69) is 20.6 Å². The van der Waals surface area contributed by atoms with Crippen molar-refractivity contribution in [2.24, 2.45) is 4.99 Å². The van der Waals surface area contributed by atoms with Crippen LogP contribution in [0.25, 0.3) is 0 Å². The molecule has 6 nitrogen and oxygen atoms in total. The van der Waals surface area contributed by atoms with Gasteiger partial charge in [-0.1, -0.05) is 17.7 Å². The molecule has 1 aromatic rings. The number of nitrogens with one attached hydrogen (secondary N) is 2. The Kier molecular flexibility index (Phi) is 7.81. The van der Waals surface area contributed by atoms with Gasteiger partial charge in [0, 0.05) is 19.3 Å². The molecule has 0 radical (unpaired) electrons. The van der Waals surface area contributed by atoms with Crippen molar-refractivity contribution in [2.45, 2.75) is 39.7 Å². The largest absolute Gasteiger partial charge is 0.459 e. The first-order chi connectivity index (χ1) is 10.8. The third-order valence-electron chi connectivity index (χ3n) is 2.63. The van der Waals surface area contributed by atoms with E-state index in [1.165, 1.54) is 0 Å². The molecule has 0 unspecified atom stereocenters. The van der Waals surface area contributed by atoms with Gasteiger partial charge in [-0.15, -0.1) is 0 Å². The summed E-state index contributed by atoms with van der Waals surface area (Å²) >= 11 is 5.75. The highest BCUT2D eigenvalue weighted by atomic mass is 35.5. The second-order valence-electron chi connectivity index (χ2n) is 5.95. The average Bonchev–Trinajstić information content (AvgIpc) is 2.45. The minimum atomic E-state index is -0.500. The van der Waals surface area contributed by atoms with Crippen LogP contribution in [0, 0.1) is 0 Å². The monoisotopic (exact) mass is 340 g/mol. The van der Waals surface area contributed by atoms with Crippen LogP contribution in [0.2, 0.25) is 5.15 Å². The van der Waals surface area contributed by atoms with Crippen molar-refractivity contribution in [1.29, 1.82) is 0 Å². The van der Waals surface area contributed by atoms with E-state index in [9.17, 15) is 4.79 Å². The summed E-state index contributed by atoms with van der Waals surface area (Å²) in [5.41, 5.74) is 0.574. The number of rotatable bonds is 6. The number of aliphatic imine (C=N–C) groups is 1. The number of halogens is 1. The molecule has 0 aliphatic heterocycles. The van der Waals surface area contributed by atoms with Gasteiger partial charge in [-0.05, 0) is 45.7 Å². The third kappa shape index (κ3) is 9.03. The van der Waals surface area contributed by atoms with Gasteiger partial charge in [0.05, 0.1) is 0 Å². The second-order valence-corrected chi connectivity index (χ2v) is 6.33. The van der Waals surface area contributed by atoms with E-state index in [1.54, 1.807) is 12.3 Å². The van der Waals surface area contributed by atoms with E-state index in [0.717, 1.165) is 12.0 Å². The molecule has 0 aliphatic carbocycles. The average molecular weight is 341 g/mol. The van der Waals surface area contributed by atoms with Crippen LogP contribution < -0.4 is 10.6 Å². The molecule has 128 valence electrons. The molecule has 0 fully saturated rings. The van der Waals surface area contributed by atoms with Gasteiger partial charge in [0.25, 0.3) is 0 Å². The summed E-state index contributed by atoms with van der Waals surface area (Å²) in [5.74, 6) is 0.233. The standard InChI is InChI=1S/C16H25ClN4O2/c1-5-18-15(21-11-14(22)23-16(2,3)4)19-9-8-12-6-7-13(17)20-10-12/h6-7,10H,5,8-9,11H2,1-4H3,(H2,18,19,21). The molecule has 1 heterocycles. The molecule has 0 saturated carbocycles. The van der Waals surface area contributed by atoms with Crippen LogP contribution in [-0.4, -0.2) is 42.1 Å². The summed E-state index contributed by atoms with van der Waals surface area (Å²) < 4.78 is 5.23. The Morgan fingerprint density at radius 2 is 2.09 bits per heavy atom. The Bertz CT molecular complexity index is 524. The number of nitrogens with zero attached hydrogens (tertiary/aromatic N) is 2. The molecule has 0 amide bonds. The van der Waals surface area contributed by atoms with Crippen molar-refractivity contribution in [3.8, 4) is 0 Å². The Hall–Kier alpha value is -1.82. The van der Waals surface area contributed by atoms with Crippen LogP contribution in [0.4, 0.5) is 0 Å². The number of hydrogen-bond acceptors (Lipinski definition) is 4. The van der Waals surface area contributed by atoms with E-state index < -0.39 is 5.60 Å². The van der Waals surface area contributed by atoms with Crippen LogP contribution in [0.5, 0.6) is 0 Å². The maximum Gasteiger partial charge on any atom is 0.328 e. The number of guanidine groups is 1.